The molecule has 1 aliphatic heterocycles. The van der Waals surface area contributed by atoms with Gasteiger partial charge in [0, 0.05) is 54.8 Å². The standard InChI is InChI=1S/C30H32N2O4/c1-17(33)35-27-14-24-29-21(13-23-25(34)10-18(15-31-3)11-26(23)36-29)6-8-30(24,2)28(27)20-5-4-19-7-9-32-16-22(19)12-20/h4-9,12-13,16,18,24,27-29,31H,10-11,14-15H2,1-3H3/t18?,24-,27?,28-,29+,30-/m0/s1. The van der Waals surface area contributed by atoms with Crippen LogP contribution in [0.25, 0.3) is 10.8 Å². The van der Waals surface area contributed by atoms with E-state index in [1.165, 1.54) is 6.92 Å². The predicted molar refractivity (Wildman–Crippen MR) is 137 cm³/mol. The lowest BCUT2D eigenvalue weighted by Gasteiger charge is -2.44. The van der Waals surface area contributed by atoms with Crippen molar-refractivity contribution in [1.82, 2.24) is 10.3 Å². The number of pyridine rings is 1. The number of esters is 1. The van der Waals surface area contributed by atoms with E-state index in [0.717, 1.165) is 46.2 Å². The fourth-order valence-electron chi connectivity index (χ4n) is 7.03. The third-order valence-corrected chi connectivity index (χ3v) is 8.62. The van der Waals surface area contributed by atoms with E-state index in [0.29, 0.717) is 12.8 Å². The third kappa shape index (κ3) is 3.70. The first-order chi connectivity index (χ1) is 17.4. The van der Waals surface area contributed by atoms with Gasteiger partial charge >= 0.3 is 5.97 Å². The van der Waals surface area contributed by atoms with E-state index < -0.39 is 0 Å². The Labute approximate surface area is 211 Å². The van der Waals surface area contributed by atoms with Gasteiger partial charge in [0.2, 0.25) is 0 Å². The maximum atomic E-state index is 12.9. The Hall–Kier alpha value is -3.25. The molecule has 0 spiro atoms. The average Bonchev–Trinajstić information content (AvgIpc) is 3.14. The van der Waals surface area contributed by atoms with Crippen molar-refractivity contribution in [3.8, 4) is 0 Å². The van der Waals surface area contributed by atoms with Gasteiger partial charge in [-0.15, -0.1) is 0 Å². The van der Waals surface area contributed by atoms with Crippen LogP contribution >= 0.6 is 0 Å². The maximum Gasteiger partial charge on any atom is 0.302 e. The molecule has 6 rings (SSSR count). The molecule has 36 heavy (non-hydrogen) atoms. The van der Waals surface area contributed by atoms with Crippen LogP contribution in [0.1, 0.15) is 44.6 Å². The normalized spacial score (nSPS) is 32.9. The first-order valence-electron chi connectivity index (χ1n) is 12.9. The van der Waals surface area contributed by atoms with Crippen LogP contribution in [0.15, 0.2) is 71.8 Å². The number of ketones is 1. The van der Waals surface area contributed by atoms with Crippen LogP contribution in [-0.4, -0.2) is 42.5 Å². The van der Waals surface area contributed by atoms with Crippen LogP contribution < -0.4 is 5.32 Å². The van der Waals surface area contributed by atoms with Crippen molar-refractivity contribution >= 4 is 22.5 Å². The lowest BCUT2D eigenvalue weighted by atomic mass is 9.64. The molecule has 6 heteroatoms. The van der Waals surface area contributed by atoms with Gasteiger partial charge in [0.05, 0.1) is 5.57 Å². The Bertz CT molecular complexity index is 1340. The summed E-state index contributed by atoms with van der Waals surface area (Å²) in [6.07, 6.45) is 11.7. The van der Waals surface area contributed by atoms with Gasteiger partial charge in [0.25, 0.3) is 0 Å². The SMILES string of the molecule is CNCC1CC(=O)C2=C(C1)O[C@@H]1C(=C2)C=C[C@]2(C)[C@@H](c3ccc4ccncc4c3)C(OC(C)=O)C[C@@H]12. The number of carbonyl (C=O) groups is 2. The van der Waals surface area contributed by atoms with Gasteiger partial charge in [-0.05, 0) is 60.7 Å². The number of hydrogen-bond donors (Lipinski definition) is 1. The van der Waals surface area contributed by atoms with Crippen LogP contribution in [0.2, 0.25) is 0 Å². The lowest BCUT2D eigenvalue weighted by Crippen LogP contribution is -2.41. The minimum atomic E-state index is -0.279. The fourth-order valence-corrected chi connectivity index (χ4v) is 7.03. The van der Waals surface area contributed by atoms with Gasteiger partial charge in [0.15, 0.2) is 5.78 Å². The Balaban J connectivity index is 1.39. The molecule has 2 aromatic rings. The number of allylic oxidation sites excluding steroid dienone is 4. The maximum absolute atomic E-state index is 12.9. The van der Waals surface area contributed by atoms with Crippen molar-refractivity contribution in [3.05, 3.63) is 77.4 Å². The zero-order valence-electron chi connectivity index (χ0n) is 21.0. The predicted octanol–water partition coefficient (Wildman–Crippen LogP) is 4.62. The second-order valence-electron chi connectivity index (χ2n) is 10.9. The molecular weight excluding hydrogens is 452 g/mol. The highest BCUT2D eigenvalue weighted by atomic mass is 16.5. The minimum absolute atomic E-state index is 0.0159. The quantitative estimate of drug-likeness (QED) is 0.638. The van der Waals surface area contributed by atoms with E-state index in [2.05, 4.69) is 47.6 Å². The second-order valence-corrected chi connectivity index (χ2v) is 10.9. The molecule has 0 bridgehead atoms. The minimum Gasteiger partial charge on any atom is -0.489 e. The molecule has 4 aliphatic rings. The summed E-state index contributed by atoms with van der Waals surface area (Å²) in [7, 11) is 1.92. The summed E-state index contributed by atoms with van der Waals surface area (Å²) in [6, 6.07) is 8.46. The molecule has 1 aromatic carbocycles. The van der Waals surface area contributed by atoms with Crippen LogP contribution in [0, 0.1) is 17.3 Å². The number of fused-ring (bicyclic) bond motifs is 4. The number of nitrogens with one attached hydrogen (secondary N) is 1. The number of rotatable bonds is 4. The van der Waals surface area contributed by atoms with Crippen molar-refractivity contribution in [1.29, 1.82) is 0 Å². The lowest BCUT2D eigenvalue weighted by molar-refractivity contribution is -0.147. The number of nitrogens with zero attached hydrogens (tertiary/aromatic N) is 1. The monoisotopic (exact) mass is 484 g/mol. The zero-order chi connectivity index (χ0) is 25.0. The molecular formula is C30H32N2O4. The number of carbonyl (C=O) groups excluding carboxylic acids is 2. The van der Waals surface area contributed by atoms with Crippen molar-refractivity contribution in [2.24, 2.45) is 17.3 Å². The summed E-state index contributed by atoms with van der Waals surface area (Å²) in [4.78, 5) is 29.4. The highest BCUT2D eigenvalue weighted by molar-refractivity contribution is 6.00. The molecule has 3 aliphatic carbocycles. The Kier molecular flexibility index (Phi) is 5.60. The molecule has 2 unspecified atom stereocenters. The second kappa shape index (κ2) is 8.70. The molecule has 1 N–H and O–H groups in total. The van der Waals surface area contributed by atoms with Crippen LogP contribution in [0.4, 0.5) is 0 Å². The highest BCUT2D eigenvalue weighted by Crippen LogP contribution is 2.60. The first-order valence-corrected chi connectivity index (χ1v) is 12.9. The largest absolute Gasteiger partial charge is 0.489 e. The topological polar surface area (TPSA) is 77.5 Å². The van der Waals surface area contributed by atoms with Crippen molar-refractivity contribution in [3.63, 3.8) is 0 Å². The molecule has 186 valence electrons. The number of aromatic nitrogens is 1. The smallest absolute Gasteiger partial charge is 0.302 e. The van der Waals surface area contributed by atoms with E-state index >= 15 is 0 Å². The van der Waals surface area contributed by atoms with Crippen LogP contribution in [-0.2, 0) is 19.1 Å². The molecule has 6 atom stereocenters. The number of Topliss-reactive ketones (excluding diaryl/α,β-unsaturated/α-hetero) is 1. The Morgan fingerprint density at radius 3 is 2.92 bits per heavy atom. The van der Waals surface area contributed by atoms with Gasteiger partial charge in [-0.25, -0.2) is 0 Å². The summed E-state index contributed by atoms with van der Waals surface area (Å²) in [5.41, 5.74) is 2.64. The fraction of sp³-hybridized carbons (Fsp3) is 0.433. The number of benzene rings is 1. The molecule has 6 nitrogen and oxygen atoms in total. The molecule has 1 saturated carbocycles. The van der Waals surface area contributed by atoms with E-state index in [1.807, 2.05) is 25.4 Å². The average molecular weight is 485 g/mol. The number of ether oxygens (including phenoxy) is 2. The van der Waals surface area contributed by atoms with Crippen molar-refractivity contribution in [2.75, 3.05) is 13.6 Å². The van der Waals surface area contributed by atoms with Gasteiger partial charge < -0.3 is 14.8 Å². The molecule has 0 amide bonds. The Morgan fingerprint density at radius 2 is 2.11 bits per heavy atom. The number of hydrogen-bond acceptors (Lipinski definition) is 6. The van der Waals surface area contributed by atoms with Gasteiger partial charge in [0.1, 0.15) is 18.0 Å². The summed E-state index contributed by atoms with van der Waals surface area (Å²) in [5.74, 6) is 1.06. The Morgan fingerprint density at radius 1 is 1.25 bits per heavy atom. The molecule has 1 fully saturated rings. The zero-order valence-corrected chi connectivity index (χ0v) is 21.0. The van der Waals surface area contributed by atoms with Crippen LogP contribution in [0.5, 0.6) is 0 Å². The third-order valence-electron chi connectivity index (χ3n) is 8.62. The summed E-state index contributed by atoms with van der Waals surface area (Å²) in [5, 5.41) is 5.41. The molecule has 0 saturated heterocycles. The van der Waals surface area contributed by atoms with Gasteiger partial charge in [-0.2, -0.15) is 0 Å². The van der Waals surface area contributed by atoms with Crippen LogP contribution in [0.3, 0.4) is 0 Å². The van der Waals surface area contributed by atoms with Crippen molar-refractivity contribution in [2.45, 2.75) is 51.2 Å². The van der Waals surface area contributed by atoms with Gasteiger partial charge in [-0.3, -0.25) is 14.6 Å². The first kappa shape index (κ1) is 23.2. The highest BCUT2D eigenvalue weighted by Gasteiger charge is 2.58. The van der Waals surface area contributed by atoms with E-state index in [9.17, 15) is 9.59 Å². The molecule has 0 radical (unpaired) electrons. The van der Waals surface area contributed by atoms with Crippen molar-refractivity contribution < 1.29 is 19.1 Å². The summed E-state index contributed by atoms with van der Waals surface area (Å²) in [6.45, 7) is 4.54. The summed E-state index contributed by atoms with van der Waals surface area (Å²) >= 11 is 0. The van der Waals surface area contributed by atoms with Gasteiger partial charge in [-0.1, -0.05) is 31.2 Å². The van der Waals surface area contributed by atoms with E-state index in [4.69, 9.17) is 9.47 Å². The molecule has 2 heterocycles. The molecule has 1 aromatic heterocycles. The van der Waals surface area contributed by atoms with E-state index in [-0.39, 0.29) is 47.1 Å². The van der Waals surface area contributed by atoms with E-state index in [1.54, 1.807) is 6.20 Å². The summed E-state index contributed by atoms with van der Waals surface area (Å²) < 4.78 is 12.7.